The Morgan fingerprint density at radius 1 is 1.39 bits per heavy atom. The zero-order valence-electron chi connectivity index (χ0n) is 11.4. The van der Waals surface area contributed by atoms with Gasteiger partial charge in [-0.2, -0.15) is 0 Å². The highest BCUT2D eigenvalue weighted by atomic mass is 16.3. The SMILES string of the molecule is CC1=C2C=C(C(C)(O)CO)CC[C@]2(C)CCC1=O. The van der Waals surface area contributed by atoms with E-state index in [-0.39, 0.29) is 17.8 Å². The largest absolute Gasteiger partial charge is 0.393 e. The van der Waals surface area contributed by atoms with Crippen LogP contribution in [0.1, 0.15) is 46.5 Å². The van der Waals surface area contributed by atoms with Crippen LogP contribution >= 0.6 is 0 Å². The Balaban J connectivity index is 2.48. The van der Waals surface area contributed by atoms with Gasteiger partial charge in [-0.15, -0.1) is 0 Å². The standard InChI is InChI=1S/C15H22O3/c1-10-12-8-11(15(3,18)9-16)4-6-14(12,2)7-5-13(10)17/h8,16,18H,4-7,9H2,1-3H3/t14-,15?/m1/s1. The van der Waals surface area contributed by atoms with Gasteiger partial charge in [0.15, 0.2) is 5.78 Å². The lowest BCUT2D eigenvalue weighted by Crippen LogP contribution is -2.37. The fourth-order valence-corrected chi connectivity index (χ4v) is 3.04. The molecule has 2 aliphatic carbocycles. The fourth-order valence-electron chi connectivity index (χ4n) is 3.04. The zero-order chi connectivity index (χ0) is 13.6. The van der Waals surface area contributed by atoms with Crippen LogP contribution < -0.4 is 0 Å². The number of aliphatic hydroxyl groups excluding tert-OH is 1. The van der Waals surface area contributed by atoms with Gasteiger partial charge in [-0.3, -0.25) is 4.79 Å². The molecule has 0 amide bonds. The first kappa shape index (κ1) is 13.5. The van der Waals surface area contributed by atoms with Gasteiger partial charge in [-0.25, -0.2) is 0 Å². The molecule has 0 spiro atoms. The number of hydrogen-bond acceptors (Lipinski definition) is 3. The van der Waals surface area contributed by atoms with E-state index in [2.05, 4.69) is 6.92 Å². The first-order valence-electron chi connectivity index (χ1n) is 6.59. The number of aliphatic hydroxyl groups is 2. The molecule has 2 N–H and O–H groups in total. The third-order valence-corrected chi connectivity index (χ3v) is 4.64. The molecular formula is C15H22O3. The van der Waals surface area contributed by atoms with Crippen molar-refractivity contribution in [2.75, 3.05) is 6.61 Å². The van der Waals surface area contributed by atoms with Crippen LogP contribution in [-0.4, -0.2) is 28.2 Å². The summed E-state index contributed by atoms with van der Waals surface area (Å²) in [5.74, 6) is 0.212. The van der Waals surface area contributed by atoms with Gasteiger partial charge in [0, 0.05) is 6.42 Å². The summed E-state index contributed by atoms with van der Waals surface area (Å²) < 4.78 is 0. The van der Waals surface area contributed by atoms with E-state index in [9.17, 15) is 15.0 Å². The summed E-state index contributed by atoms with van der Waals surface area (Å²) in [4.78, 5) is 11.8. The quantitative estimate of drug-likeness (QED) is 0.789. The van der Waals surface area contributed by atoms with Gasteiger partial charge < -0.3 is 10.2 Å². The van der Waals surface area contributed by atoms with Gasteiger partial charge in [-0.05, 0) is 55.2 Å². The number of carbonyl (C=O) groups excluding carboxylic acids is 1. The minimum Gasteiger partial charge on any atom is -0.393 e. The van der Waals surface area contributed by atoms with Crippen molar-refractivity contribution in [1.29, 1.82) is 0 Å². The topological polar surface area (TPSA) is 57.5 Å². The monoisotopic (exact) mass is 250 g/mol. The van der Waals surface area contributed by atoms with Crippen molar-refractivity contribution in [2.45, 2.75) is 52.1 Å². The summed E-state index contributed by atoms with van der Waals surface area (Å²) in [6, 6.07) is 0. The maximum absolute atomic E-state index is 11.8. The molecule has 0 fully saturated rings. The molecule has 0 bridgehead atoms. The summed E-state index contributed by atoms with van der Waals surface area (Å²) in [5.41, 5.74) is 1.62. The molecule has 18 heavy (non-hydrogen) atoms. The van der Waals surface area contributed by atoms with Crippen LogP contribution in [0.5, 0.6) is 0 Å². The molecule has 0 aromatic rings. The molecule has 0 aromatic heterocycles. The Labute approximate surface area is 108 Å². The van der Waals surface area contributed by atoms with Crippen LogP contribution in [0.25, 0.3) is 0 Å². The van der Waals surface area contributed by atoms with E-state index >= 15 is 0 Å². The van der Waals surface area contributed by atoms with E-state index in [0.29, 0.717) is 6.42 Å². The third kappa shape index (κ3) is 2.06. The van der Waals surface area contributed by atoms with E-state index in [1.165, 1.54) is 0 Å². The number of ketones is 1. The molecule has 0 heterocycles. The molecule has 2 aliphatic rings. The van der Waals surface area contributed by atoms with Crippen molar-refractivity contribution < 1.29 is 15.0 Å². The molecule has 100 valence electrons. The van der Waals surface area contributed by atoms with Crippen LogP contribution in [0.4, 0.5) is 0 Å². The molecule has 0 saturated carbocycles. The molecule has 2 rings (SSSR count). The van der Waals surface area contributed by atoms with E-state index < -0.39 is 5.60 Å². The minimum atomic E-state index is -1.17. The molecular weight excluding hydrogens is 228 g/mol. The highest BCUT2D eigenvalue weighted by Gasteiger charge is 2.40. The maximum atomic E-state index is 11.8. The van der Waals surface area contributed by atoms with Gasteiger partial charge in [0.2, 0.25) is 0 Å². The Bertz CT molecular complexity index is 443. The van der Waals surface area contributed by atoms with E-state index in [4.69, 9.17) is 0 Å². The van der Waals surface area contributed by atoms with Gasteiger partial charge in [-0.1, -0.05) is 13.0 Å². The highest BCUT2D eigenvalue weighted by Crippen LogP contribution is 2.48. The lowest BCUT2D eigenvalue weighted by molar-refractivity contribution is -0.116. The summed E-state index contributed by atoms with van der Waals surface area (Å²) in [7, 11) is 0. The van der Waals surface area contributed by atoms with Crippen molar-refractivity contribution >= 4 is 5.78 Å². The fraction of sp³-hybridized carbons (Fsp3) is 0.667. The van der Waals surface area contributed by atoms with Crippen molar-refractivity contribution in [1.82, 2.24) is 0 Å². The average molecular weight is 250 g/mol. The number of rotatable bonds is 2. The number of carbonyl (C=O) groups is 1. The van der Waals surface area contributed by atoms with Gasteiger partial charge in [0.05, 0.1) is 6.61 Å². The smallest absolute Gasteiger partial charge is 0.158 e. The molecule has 3 nitrogen and oxygen atoms in total. The first-order chi connectivity index (χ1) is 8.30. The average Bonchev–Trinajstić information content (AvgIpc) is 2.34. The van der Waals surface area contributed by atoms with E-state index in [1.807, 2.05) is 13.0 Å². The van der Waals surface area contributed by atoms with Crippen molar-refractivity contribution in [3.05, 3.63) is 22.8 Å². The Kier molecular flexibility index (Phi) is 3.24. The zero-order valence-corrected chi connectivity index (χ0v) is 11.4. The molecule has 1 unspecified atom stereocenters. The van der Waals surface area contributed by atoms with Crippen LogP contribution in [0.2, 0.25) is 0 Å². The lowest BCUT2D eigenvalue weighted by atomic mass is 9.63. The van der Waals surface area contributed by atoms with E-state index in [1.54, 1.807) is 6.92 Å². The predicted octanol–water partition coefficient (Wildman–Crippen LogP) is 2.14. The number of Topliss-reactive ketones (excluding diaryl/α,β-unsaturated/α-hetero) is 1. The van der Waals surface area contributed by atoms with Gasteiger partial charge in [0.1, 0.15) is 5.60 Å². The van der Waals surface area contributed by atoms with Gasteiger partial charge >= 0.3 is 0 Å². The number of hydrogen-bond donors (Lipinski definition) is 2. The van der Waals surface area contributed by atoms with E-state index in [0.717, 1.165) is 36.0 Å². The molecule has 0 aromatic carbocycles. The number of fused-ring (bicyclic) bond motifs is 1. The molecule has 2 atom stereocenters. The van der Waals surface area contributed by atoms with Crippen molar-refractivity contribution in [3.63, 3.8) is 0 Å². The second-order valence-electron chi connectivity index (χ2n) is 6.12. The summed E-state index contributed by atoms with van der Waals surface area (Å²) in [6.07, 6.45) is 5.20. The minimum absolute atomic E-state index is 0.0625. The summed E-state index contributed by atoms with van der Waals surface area (Å²) in [5, 5.41) is 19.4. The Morgan fingerprint density at radius 3 is 2.61 bits per heavy atom. The predicted molar refractivity (Wildman–Crippen MR) is 70.1 cm³/mol. The van der Waals surface area contributed by atoms with Crippen molar-refractivity contribution in [3.8, 4) is 0 Å². The molecule has 0 saturated heterocycles. The second-order valence-corrected chi connectivity index (χ2v) is 6.12. The highest BCUT2D eigenvalue weighted by molar-refractivity contribution is 5.97. The molecule has 0 aliphatic heterocycles. The number of allylic oxidation sites excluding steroid dienone is 3. The van der Waals surface area contributed by atoms with Crippen LogP contribution in [0, 0.1) is 5.41 Å². The van der Waals surface area contributed by atoms with Crippen molar-refractivity contribution in [2.24, 2.45) is 5.41 Å². The normalized spacial score (nSPS) is 31.8. The first-order valence-corrected chi connectivity index (χ1v) is 6.59. The van der Waals surface area contributed by atoms with Crippen LogP contribution in [0.3, 0.4) is 0 Å². The Morgan fingerprint density at radius 2 is 2.00 bits per heavy atom. The summed E-state index contributed by atoms with van der Waals surface area (Å²) >= 11 is 0. The lowest BCUT2D eigenvalue weighted by Gasteiger charge is -2.41. The van der Waals surface area contributed by atoms with Gasteiger partial charge in [0.25, 0.3) is 0 Å². The molecule has 0 radical (unpaired) electrons. The third-order valence-electron chi connectivity index (χ3n) is 4.64. The second kappa shape index (κ2) is 4.32. The van der Waals surface area contributed by atoms with Crippen LogP contribution in [-0.2, 0) is 4.79 Å². The maximum Gasteiger partial charge on any atom is 0.158 e. The summed E-state index contributed by atoms with van der Waals surface area (Å²) in [6.45, 7) is 5.42. The molecule has 3 heteroatoms. The van der Waals surface area contributed by atoms with Crippen LogP contribution in [0.15, 0.2) is 22.8 Å². The Hall–Kier alpha value is -0.930.